The monoisotopic (exact) mass is 330 g/mol. The molecule has 3 aliphatic rings. The van der Waals surface area contributed by atoms with Crippen molar-refractivity contribution in [3.05, 3.63) is 12.4 Å². The van der Waals surface area contributed by atoms with Crippen molar-refractivity contribution >= 4 is 5.82 Å². The highest BCUT2D eigenvalue weighted by molar-refractivity contribution is 5.37. The van der Waals surface area contributed by atoms with E-state index in [1.807, 2.05) is 6.20 Å². The minimum absolute atomic E-state index is 0.335. The third kappa shape index (κ3) is 3.82. The highest BCUT2D eigenvalue weighted by Gasteiger charge is 2.27. The van der Waals surface area contributed by atoms with Crippen LogP contribution in [0.5, 0.6) is 5.88 Å². The molecule has 1 aromatic heterocycles. The van der Waals surface area contributed by atoms with E-state index in [-0.39, 0.29) is 0 Å². The summed E-state index contributed by atoms with van der Waals surface area (Å²) in [4.78, 5) is 14.2. The van der Waals surface area contributed by atoms with Gasteiger partial charge >= 0.3 is 0 Å². The standard InChI is InChI=1S/C19H30N4O/c1-2-8-17(9-3-1)24-19-15-20-14-18(21-19)23-11-5-10-22(12-13-23)16-6-4-7-16/h14-17H,1-13H2. The molecule has 2 saturated carbocycles. The molecule has 1 aromatic rings. The molecule has 0 atom stereocenters. The van der Waals surface area contributed by atoms with Crippen LogP contribution in [0.1, 0.15) is 57.8 Å². The molecule has 1 saturated heterocycles. The fourth-order valence-electron chi connectivity index (χ4n) is 4.18. The van der Waals surface area contributed by atoms with Crippen LogP contribution in [0.25, 0.3) is 0 Å². The molecule has 3 fully saturated rings. The van der Waals surface area contributed by atoms with E-state index in [2.05, 4.69) is 14.8 Å². The maximum Gasteiger partial charge on any atom is 0.234 e. The Bertz CT molecular complexity index is 528. The summed E-state index contributed by atoms with van der Waals surface area (Å²) in [5, 5.41) is 0. The Balaban J connectivity index is 1.37. The zero-order chi connectivity index (χ0) is 16.2. The van der Waals surface area contributed by atoms with E-state index >= 15 is 0 Å². The fraction of sp³-hybridized carbons (Fsp3) is 0.789. The van der Waals surface area contributed by atoms with Crippen LogP contribution in [0, 0.1) is 0 Å². The van der Waals surface area contributed by atoms with Crippen LogP contribution >= 0.6 is 0 Å². The number of aromatic nitrogens is 2. The van der Waals surface area contributed by atoms with Crippen molar-refractivity contribution in [1.29, 1.82) is 0 Å². The SMILES string of the molecule is c1ncc(N2CCCN(C3CCC3)CC2)nc1OC1CCCCC1. The van der Waals surface area contributed by atoms with Crippen LogP contribution in [-0.2, 0) is 0 Å². The highest BCUT2D eigenvalue weighted by Crippen LogP contribution is 2.27. The summed E-state index contributed by atoms with van der Waals surface area (Å²) in [5.41, 5.74) is 0. The van der Waals surface area contributed by atoms with Crippen molar-refractivity contribution in [1.82, 2.24) is 14.9 Å². The summed E-state index contributed by atoms with van der Waals surface area (Å²) in [6.07, 6.45) is 15.6. The van der Waals surface area contributed by atoms with Gasteiger partial charge in [-0.2, -0.15) is 4.98 Å². The van der Waals surface area contributed by atoms with Gasteiger partial charge in [-0.1, -0.05) is 12.8 Å². The van der Waals surface area contributed by atoms with Crippen molar-refractivity contribution in [3.8, 4) is 5.88 Å². The lowest BCUT2D eigenvalue weighted by atomic mass is 9.91. The molecule has 5 nitrogen and oxygen atoms in total. The first-order valence-electron chi connectivity index (χ1n) is 9.86. The van der Waals surface area contributed by atoms with Crippen LogP contribution in [-0.4, -0.2) is 53.2 Å². The van der Waals surface area contributed by atoms with E-state index < -0.39 is 0 Å². The third-order valence-electron chi connectivity index (χ3n) is 5.88. The second kappa shape index (κ2) is 7.68. The van der Waals surface area contributed by atoms with Gasteiger partial charge in [-0.15, -0.1) is 0 Å². The molecule has 0 bridgehead atoms. The Morgan fingerprint density at radius 1 is 0.833 bits per heavy atom. The first-order chi connectivity index (χ1) is 11.9. The van der Waals surface area contributed by atoms with Crippen molar-refractivity contribution in [2.75, 3.05) is 31.1 Å². The second-order valence-corrected chi connectivity index (χ2v) is 7.55. The lowest BCUT2D eigenvalue weighted by Gasteiger charge is -2.36. The van der Waals surface area contributed by atoms with Crippen LogP contribution in [0.4, 0.5) is 5.82 Å². The number of hydrogen-bond donors (Lipinski definition) is 0. The first kappa shape index (κ1) is 16.1. The van der Waals surface area contributed by atoms with E-state index in [1.165, 1.54) is 51.5 Å². The van der Waals surface area contributed by atoms with Gasteiger partial charge in [-0.05, 0) is 44.9 Å². The Morgan fingerprint density at radius 3 is 2.50 bits per heavy atom. The minimum atomic E-state index is 0.335. The maximum absolute atomic E-state index is 6.09. The largest absolute Gasteiger partial charge is 0.473 e. The van der Waals surface area contributed by atoms with Gasteiger partial charge in [-0.3, -0.25) is 9.88 Å². The molecular weight excluding hydrogens is 300 g/mol. The van der Waals surface area contributed by atoms with Crippen molar-refractivity contribution in [2.45, 2.75) is 69.9 Å². The highest BCUT2D eigenvalue weighted by atomic mass is 16.5. The predicted octanol–water partition coefficient (Wildman–Crippen LogP) is 3.25. The third-order valence-corrected chi connectivity index (χ3v) is 5.88. The number of ether oxygens (including phenoxy) is 1. The van der Waals surface area contributed by atoms with E-state index in [9.17, 15) is 0 Å². The summed E-state index contributed by atoms with van der Waals surface area (Å²) in [5.74, 6) is 1.69. The molecule has 4 rings (SSSR count). The smallest absolute Gasteiger partial charge is 0.234 e. The zero-order valence-electron chi connectivity index (χ0n) is 14.7. The van der Waals surface area contributed by atoms with E-state index in [0.29, 0.717) is 12.0 Å². The summed E-state index contributed by atoms with van der Waals surface area (Å²) in [7, 11) is 0. The average molecular weight is 330 g/mol. The number of hydrogen-bond acceptors (Lipinski definition) is 5. The Labute approximate surface area is 145 Å². The Morgan fingerprint density at radius 2 is 1.71 bits per heavy atom. The van der Waals surface area contributed by atoms with Gasteiger partial charge in [0.2, 0.25) is 5.88 Å². The number of anilines is 1. The lowest BCUT2D eigenvalue weighted by Crippen LogP contribution is -2.42. The van der Waals surface area contributed by atoms with Crippen LogP contribution in [0.3, 0.4) is 0 Å². The van der Waals surface area contributed by atoms with Gasteiger partial charge in [0.1, 0.15) is 6.10 Å². The van der Waals surface area contributed by atoms with Gasteiger partial charge in [-0.25, -0.2) is 0 Å². The van der Waals surface area contributed by atoms with Crippen molar-refractivity contribution in [3.63, 3.8) is 0 Å². The Kier molecular flexibility index (Phi) is 5.16. The van der Waals surface area contributed by atoms with Crippen LogP contribution in [0.2, 0.25) is 0 Å². The first-order valence-corrected chi connectivity index (χ1v) is 9.86. The molecule has 0 aromatic carbocycles. The molecule has 2 aliphatic carbocycles. The summed E-state index contributed by atoms with van der Waals surface area (Å²) in [6.45, 7) is 4.51. The molecule has 5 heteroatoms. The van der Waals surface area contributed by atoms with Crippen molar-refractivity contribution in [2.24, 2.45) is 0 Å². The minimum Gasteiger partial charge on any atom is -0.473 e. The molecule has 24 heavy (non-hydrogen) atoms. The Hall–Kier alpha value is -1.36. The fourth-order valence-corrected chi connectivity index (χ4v) is 4.18. The molecule has 1 aliphatic heterocycles. The second-order valence-electron chi connectivity index (χ2n) is 7.55. The van der Waals surface area contributed by atoms with E-state index in [0.717, 1.165) is 44.3 Å². The van der Waals surface area contributed by atoms with E-state index in [4.69, 9.17) is 9.72 Å². The molecule has 0 amide bonds. The molecule has 0 radical (unpaired) electrons. The topological polar surface area (TPSA) is 41.5 Å². The van der Waals surface area contributed by atoms with Gasteiger partial charge < -0.3 is 9.64 Å². The lowest BCUT2D eigenvalue weighted by molar-refractivity contribution is 0.136. The maximum atomic E-state index is 6.09. The normalized spacial score (nSPS) is 24.4. The van der Waals surface area contributed by atoms with Gasteiger partial charge in [0.05, 0.1) is 12.4 Å². The summed E-state index contributed by atoms with van der Waals surface area (Å²) < 4.78 is 6.09. The summed E-state index contributed by atoms with van der Waals surface area (Å²) in [6, 6.07) is 0.844. The van der Waals surface area contributed by atoms with Gasteiger partial charge in [0.15, 0.2) is 5.82 Å². The van der Waals surface area contributed by atoms with Gasteiger partial charge in [0, 0.05) is 32.2 Å². The number of nitrogens with zero attached hydrogens (tertiary/aromatic N) is 4. The molecule has 0 N–H and O–H groups in total. The zero-order valence-corrected chi connectivity index (χ0v) is 14.7. The summed E-state index contributed by atoms with van der Waals surface area (Å²) >= 11 is 0. The molecular formula is C19H30N4O. The molecule has 132 valence electrons. The predicted molar refractivity (Wildman–Crippen MR) is 95.6 cm³/mol. The quantitative estimate of drug-likeness (QED) is 0.847. The van der Waals surface area contributed by atoms with E-state index in [1.54, 1.807) is 6.20 Å². The van der Waals surface area contributed by atoms with Crippen LogP contribution < -0.4 is 9.64 Å². The molecule has 2 heterocycles. The van der Waals surface area contributed by atoms with Crippen molar-refractivity contribution < 1.29 is 4.74 Å². The number of rotatable bonds is 4. The van der Waals surface area contributed by atoms with Gasteiger partial charge in [0.25, 0.3) is 0 Å². The van der Waals surface area contributed by atoms with Crippen LogP contribution in [0.15, 0.2) is 12.4 Å². The molecule has 0 unspecified atom stereocenters. The molecule has 0 spiro atoms. The average Bonchev–Trinajstić information content (AvgIpc) is 2.81.